The summed E-state index contributed by atoms with van der Waals surface area (Å²) in [6.45, 7) is 4.72. The summed E-state index contributed by atoms with van der Waals surface area (Å²) < 4.78 is 17.6. The van der Waals surface area contributed by atoms with Crippen molar-refractivity contribution in [1.29, 1.82) is 0 Å². The van der Waals surface area contributed by atoms with Crippen LogP contribution in [0.3, 0.4) is 0 Å². The molecule has 43 heavy (non-hydrogen) atoms. The number of aliphatic hydroxyl groups is 1. The van der Waals surface area contributed by atoms with Crippen LogP contribution < -0.4 is 19.1 Å². The number of Topliss-reactive ketones (excluding diaryl/α,β-unsaturated/α-hetero) is 1. The molecule has 1 atom stereocenters. The van der Waals surface area contributed by atoms with Gasteiger partial charge in [-0.1, -0.05) is 71.6 Å². The number of fused-ring (bicyclic) bond motifs is 1. The lowest BCUT2D eigenvalue weighted by atomic mass is 9.95. The maximum atomic E-state index is 13.6. The first-order valence-electron chi connectivity index (χ1n) is 13.2. The number of halogens is 1. The fourth-order valence-corrected chi connectivity index (χ4v) is 6.65. The third-order valence-corrected chi connectivity index (χ3v) is 9.06. The maximum absolute atomic E-state index is 13.6. The summed E-state index contributed by atoms with van der Waals surface area (Å²) in [5, 5.41) is 21.0. The Morgan fingerprint density at radius 3 is 2.67 bits per heavy atom. The van der Waals surface area contributed by atoms with E-state index in [1.165, 1.54) is 28.0 Å². The van der Waals surface area contributed by atoms with Gasteiger partial charge in [0.25, 0.3) is 5.78 Å². The molecule has 4 aromatic rings. The number of ether oxygens (including phenoxy) is 3. The average Bonchev–Trinajstić information content (AvgIpc) is 3.61. The number of thioether (sulfide) groups is 1. The first-order chi connectivity index (χ1) is 20.9. The molecule has 1 fully saturated rings. The highest BCUT2D eigenvalue weighted by atomic mass is 35.5. The molecular weight excluding hydrogens is 610 g/mol. The van der Waals surface area contributed by atoms with E-state index in [0.717, 1.165) is 5.56 Å². The van der Waals surface area contributed by atoms with Crippen molar-refractivity contribution in [2.75, 3.05) is 24.7 Å². The molecule has 218 valence electrons. The molecule has 1 aromatic heterocycles. The molecule has 0 aliphatic carbocycles. The number of aliphatic hydroxyl groups excluding tert-OH is 1. The molecule has 9 nitrogen and oxygen atoms in total. The van der Waals surface area contributed by atoms with Crippen molar-refractivity contribution in [2.45, 2.75) is 16.1 Å². The van der Waals surface area contributed by atoms with Gasteiger partial charge in [0.2, 0.25) is 5.13 Å². The number of nitrogens with zero attached hydrogens (tertiary/aromatic N) is 3. The molecule has 2 aliphatic rings. The van der Waals surface area contributed by atoms with E-state index in [1.54, 1.807) is 48.5 Å². The van der Waals surface area contributed by atoms with Crippen molar-refractivity contribution in [3.05, 3.63) is 107 Å². The summed E-state index contributed by atoms with van der Waals surface area (Å²) in [4.78, 5) is 28.5. The molecule has 1 N–H and O–H groups in total. The topological polar surface area (TPSA) is 111 Å². The molecule has 0 saturated carbocycles. The van der Waals surface area contributed by atoms with Gasteiger partial charge in [-0.05, 0) is 53.6 Å². The molecule has 1 saturated heterocycles. The van der Waals surface area contributed by atoms with Crippen molar-refractivity contribution in [3.63, 3.8) is 0 Å². The van der Waals surface area contributed by atoms with Crippen molar-refractivity contribution < 1.29 is 28.9 Å². The lowest BCUT2D eigenvalue weighted by Crippen LogP contribution is -2.29. The Bertz CT molecular complexity index is 1740. The van der Waals surface area contributed by atoms with E-state index < -0.39 is 17.7 Å². The highest BCUT2D eigenvalue weighted by molar-refractivity contribution is 8.00. The number of aromatic nitrogens is 2. The largest absolute Gasteiger partial charge is 0.507 e. The van der Waals surface area contributed by atoms with Crippen LogP contribution in [0, 0.1) is 0 Å². The van der Waals surface area contributed by atoms with Crippen molar-refractivity contribution >= 4 is 57.3 Å². The Morgan fingerprint density at radius 2 is 1.88 bits per heavy atom. The molecule has 3 heterocycles. The number of carbonyl (C=O) groups excluding carboxylic acids is 2. The number of anilines is 1. The van der Waals surface area contributed by atoms with E-state index in [0.29, 0.717) is 56.7 Å². The second-order valence-electron chi connectivity index (χ2n) is 9.47. The molecule has 0 spiro atoms. The summed E-state index contributed by atoms with van der Waals surface area (Å²) in [6.07, 6.45) is 1.62. The van der Waals surface area contributed by atoms with Crippen LogP contribution in [0.15, 0.2) is 89.3 Å². The summed E-state index contributed by atoms with van der Waals surface area (Å²) >= 11 is 8.63. The summed E-state index contributed by atoms with van der Waals surface area (Å²) in [5.74, 6) is 0.0748. The predicted molar refractivity (Wildman–Crippen MR) is 165 cm³/mol. The van der Waals surface area contributed by atoms with Crippen molar-refractivity contribution in [3.8, 4) is 17.2 Å². The zero-order valence-corrected chi connectivity index (χ0v) is 25.0. The highest BCUT2D eigenvalue weighted by Crippen LogP contribution is 2.45. The minimum Gasteiger partial charge on any atom is -0.507 e. The maximum Gasteiger partial charge on any atom is 0.301 e. The van der Waals surface area contributed by atoms with Crippen LogP contribution in [0.5, 0.6) is 17.2 Å². The van der Waals surface area contributed by atoms with Gasteiger partial charge < -0.3 is 19.3 Å². The first-order valence-corrected chi connectivity index (χ1v) is 15.4. The number of hydrogen-bond donors (Lipinski definition) is 1. The van der Waals surface area contributed by atoms with Gasteiger partial charge in [-0.2, -0.15) is 0 Å². The number of ketones is 1. The van der Waals surface area contributed by atoms with Gasteiger partial charge in [0.15, 0.2) is 15.8 Å². The fraction of sp³-hybridized carbons (Fsp3) is 0.161. The van der Waals surface area contributed by atoms with E-state index in [-0.39, 0.29) is 23.1 Å². The number of benzene rings is 3. The van der Waals surface area contributed by atoms with Crippen LogP contribution >= 0.6 is 34.7 Å². The molecule has 3 aromatic carbocycles. The first kappa shape index (κ1) is 28.8. The van der Waals surface area contributed by atoms with Crippen molar-refractivity contribution in [1.82, 2.24) is 10.2 Å². The van der Waals surface area contributed by atoms with Gasteiger partial charge in [0, 0.05) is 16.3 Å². The lowest BCUT2D eigenvalue weighted by Gasteiger charge is -2.23. The van der Waals surface area contributed by atoms with Crippen LogP contribution in [0.4, 0.5) is 5.13 Å². The van der Waals surface area contributed by atoms with E-state index in [1.807, 2.05) is 24.3 Å². The Kier molecular flexibility index (Phi) is 8.37. The number of amides is 1. The van der Waals surface area contributed by atoms with Crippen LogP contribution in [0.2, 0.25) is 5.02 Å². The molecule has 2 aliphatic heterocycles. The minimum atomic E-state index is -0.998. The normalized spacial score (nSPS) is 17.2. The number of hydrogen-bond acceptors (Lipinski definition) is 10. The Morgan fingerprint density at radius 1 is 1.09 bits per heavy atom. The summed E-state index contributed by atoms with van der Waals surface area (Å²) in [7, 11) is 0. The second-order valence-corrected chi connectivity index (χ2v) is 12.1. The monoisotopic (exact) mass is 633 g/mol. The lowest BCUT2D eigenvalue weighted by molar-refractivity contribution is -0.132. The summed E-state index contributed by atoms with van der Waals surface area (Å²) in [6, 6.07) is 18.4. The smallest absolute Gasteiger partial charge is 0.301 e. The van der Waals surface area contributed by atoms with Crippen LogP contribution in [0.25, 0.3) is 5.76 Å². The SMILES string of the molecule is C=CCOc1cccc([C@@H]2C(=C(O)c3ccc4c(c3)OCCO4)C(=O)C(=O)N2c2nnc(SCc3ccc(Cl)cc3)s2)c1. The third kappa shape index (κ3) is 5.96. The Balaban J connectivity index is 1.39. The quantitative estimate of drug-likeness (QED) is 0.0555. The van der Waals surface area contributed by atoms with Crippen molar-refractivity contribution in [2.24, 2.45) is 0 Å². The fourth-order valence-electron chi connectivity index (χ4n) is 4.70. The van der Waals surface area contributed by atoms with Gasteiger partial charge in [-0.3, -0.25) is 14.5 Å². The summed E-state index contributed by atoms with van der Waals surface area (Å²) in [5.41, 5.74) is 1.81. The van der Waals surface area contributed by atoms with E-state index in [9.17, 15) is 14.7 Å². The van der Waals surface area contributed by atoms with Crippen LogP contribution in [0.1, 0.15) is 22.7 Å². The van der Waals surface area contributed by atoms with Gasteiger partial charge in [0.1, 0.15) is 31.3 Å². The van der Waals surface area contributed by atoms with Gasteiger partial charge >= 0.3 is 5.91 Å². The van der Waals surface area contributed by atoms with Gasteiger partial charge in [-0.15, -0.1) is 10.2 Å². The molecule has 0 radical (unpaired) electrons. The predicted octanol–water partition coefficient (Wildman–Crippen LogP) is 6.45. The Hall–Kier alpha value is -4.32. The van der Waals surface area contributed by atoms with E-state index >= 15 is 0 Å². The highest BCUT2D eigenvalue weighted by Gasteiger charge is 2.48. The molecule has 0 bridgehead atoms. The second kappa shape index (κ2) is 12.5. The zero-order valence-electron chi connectivity index (χ0n) is 22.6. The zero-order chi connectivity index (χ0) is 29.9. The number of rotatable bonds is 9. The van der Waals surface area contributed by atoms with E-state index in [2.05, 4.69) is 16.8 Å². The van der Waals surface area contributed by atoms with Gasteiger partial charge in [0.05, 0.1) is 11.6 Å². The third-order valence-electron chi connectivity index (χ3n) is 6.68. The minimum absolute atomic E-state index is 0.0897. The molecule has 0 unspecified atom stereocenters. The van der Waals surface area contributed by atoms with Crippen LogP contribution in [-0.4, -0.2) is 46.8 Å². The van der Waals surface area contributed by atoms with Gasteiger partial charge in [-0.25, -0.2) is 0 Å². The Labute approximate surface area is 260 Å². The molecule has 6 rings (SSSR count). The van der Waals surface area contributed by atoms with Crippen LogP contribution in [-0.2, 0) is 15.3 Å². The average molecular weight is 634 g/mol. The van der Waals surface area contributed by atoms with E-state index in [4.69, 9.17) is 25.8 Å². The number of carbonyl (C=O) groups is 2. The molecule has 1 amide bonds. The molecular formula is C31H24ClN3O6S2. The molecule has 12 heteroatoms. The standard InChI is InChI=1S/C31H24ClN3O6S2/c1-2-12-39-22-5-3-4-19(15-22)26-25(27(36)20-8-11-23-24(16-20)41-14-13-40-23)28(37)29(38)35(26)30-33-34-31(43-30)42-17-18-6-9-21(32)10-7-18/h2-11,15-16,26,36H,1,12-14,17H2/t26-/m1/s1.